The van der Waals surface area contributed by atoms with Gasteiger partial charge in [0.1, 0.15) is 17.2 Å². The summed E-state index contributed by atoms with van der Waals surface area (Å²) < 4.78 is 27.5. The summed E-state index contributed by atoms with van der Waals surface area (Å²) in [6.45, 7) is 0.458. The molecule has 2 aromatic carbocycles. The Morgan fingerprint density at radius 2 is 1.81 bits per heavy atom. The van der Waals surface area contributed by atoms with Crippen LogP contribution in [0.1, 0.15) is 22.3 Å². The monoisotopic (exact) mass is 446 g/mol. The molecule has 0 saturated carbocycles. The third kappa shape index (κ3) is 3.62. The molecule has 1 aliphatic heterocycles. The van der Waals surface area contributed by atoms with E-state index in [1.807, 2.05) is 59.1 Å². The number of carbonyl (C=O) groups is 1. The van der Waals surface area contributed by atoms with Gasteiger partial charge in [0.15, 0.2) is 0 Å². The first-order valence-electron chi connectivity index (χ1n) is 10.4. The van der Waals surface area contributed by atoms with Crippen molar-refractivity contribution in [2.24, 2.45) is 0 Å². The van der Waals surface area contributed by atoms with Gasteiger partial charge in [-0.2, -0.15) is 0 Å². The van der Waals surface area contributed by atoms with E-state index in [9.17, 15) is 13.2 Å². The van der Waals surface area contributed by atoms with Crippen LogP contribution in [0.2, 0.25) is 0 Å². The Kier molecular flexibility index (Phi) is 4.94. The molecule has 0 atom stereocenters. The summed E-state index contributed by atoms with van der Waals surface area (Å²) in [5.41, 5.74) is 4.30. The minimum atomic E-state index is -3.35. The number of rotatable bonds is 4. The first-order chi connectivity index (χ1) is 15.4. The van der Waals surface area contributed by atoms with Crippen molar-refractivity contribution in [1.29, 1.82) is 0 Å². The molecule has 3 heterocycles. The number of imidazole rings is 1. The van der Waals surface area contributed by atoms with Crippen molar-refractivity contribution in [2.45, 2.75) is 12.8 Å². The molecule has 162 valence electrons. The van der Waals surface area contributed by atoms with Crippen LogP contribution in [0.3, 0.4) is 0 Å². The Morgan fingerprint density at radius 3 is 2.59 bits per heavy atom. The maximum atomic E-state index is 13.2. The van der Waals surface area contributed by atoms with Crippen molar-refractivity contribution < 1.29 is 13.2 Å². The molecule has 5 rings (SSSR count). The molecule has 1 aliphatic rings. The van der Waals surface area contributed by atoms with E-state index >= 15 is 0 Å². The Labute approximate surface area is 186 Å². The molecule has 0 spiro atoms. The van der Waals surface area contributed by atoms with Crippen LogP contribution in [-0.4, -0.2) is 36.5 Å². The number of anilines is 2. The van der Waals surface area contributed by atoms with Crippen LogP contribution in [0.25, 0.3) is 16.9 Å². The zero-order chi connectivity index (χ0) is 22.3. The lowest BCUT2D eigenvalue weighted by atomic mass is 10.0. The average molecular weight is 447 g/mol. The minimum absolute atomic E-state index is 0.271. The zero-order valence-electron chi connectivity index (χ0n) is 17.5. The molecule has 1 amide bonds. The van der Waals surface area contributed by atoms with Gasteiger partial charge in [-0.25, -0.2) is 13.4 Å². The normalized spacial score (nSPS) is 13.7. The highest BCUT2D eigenvalue weighted by atomic mass is 32.2. The lowest BCUT2D eigenvalue weighted by molar-refractivity contribution is 0.102. The molecule has 0 bridgehead atoms. The van der Waals surface area contributed by atoms with Crippen molar-refractivity contribution in [3.8, 4) is 11.3 Å². The Morgan fingerprint density at radius 1 is 1.03 bits per heavy atom. The smallest absolute Gasteiger partial charge is 0.256 e. The molecule has 7 nitrogen and oxygen atoms in total. The molecule has 1 N–H and O–H groups in total. The first kappa shape index (κ1) is 20.3. The van der Waals surface area contributed by atoms with Gasteiger partial charge in [0.05, 0.1) is 11.9 Å². The Bertz CT molecular complexity index is 1430. The SMILES string of the molecule is CS(=O)(=O)N1CCCc2cc(C(=O)Nc3c(-c4ccccc4)nc4ccccn34)ccc21. The highest BCUT2D eigenvalue weighted by Crippen LogP contribution is 2.32. The van der Waals surface area contributed by atoms with Crippen LogP contribution >= 0.6 is 0 Å². The van der Waals surface area contributed by atoms with E-state index in [0.717, 1.165) is 29.6 Å². The predicted octanol–water partition coefficient (Wildman–Crippen LogP) is 3.97. The zero-order valence-corrected chi connectivity index (χ0v) is 18.3. The van der Waals surface area contributed by atoms with Gasteiger partial charge in [-0.15, -0.1) is 0 Å². The lowest BCUT2D eigenvalue weighted by Crippen LogP contribution is -2.34. The van der Waals surface area contributed by atoms with Crippen molar-refractivity contribution in [1.82, 2.24) is 9.38 Å². The third-order valence-corrected chi connectivity index (χ3v) is 6.81. The fourth-order valence-electron chi connectivity index (χ4n) is 4.14. The number of pyridine rings is 1. The van der Waals surface area contributed by atoms with Crippen molar-refractivity contribution >= 4 is 33.1 Å². The molecule has 0 radical (unpaired) electrons. The Hall–Kier alpha value is -3.65. The molecule has 8 heteroatoms. The van der Waals surface area contributed by atoms with Gasteiger partial charge in [-0.3, -0.25) is 13.5 Å². The van der Waals surface area contributed by atoms with Gasteiger partial charge in [-0.1, -0.05) is 36.4 Å². The van der Waals surface area contributed by atoms with Gasteiger partial charge in [0.2, 0.25) is 10.0 Å². The second kappa shape index (κ2) is 7.80. The standard InChI is InChI=1S/C24H22N4O3S/c1-32(30,31)28-15-7-10-18-16-19(12-13-20(18)28)24(29)26-23-22(17-8-3-2-4-9-17)25-21-11-5-6-14-27(21)23/h2-6,8-9,11-14,16H,7,10,15H2,1H3,(H,26,29). The molecule has 4 aromatic rings. The van der Waals surface area contributed by atoms with Crippen LogP contribution in [0.15, 0.2) is 72.9 Å². The van der Waals surface area contributed by atoms with Gasteiger partial charge < -0.3 is 5.32 Å². The number of fused-ring (bicyclic) bond motifs is 2. The summed E-state index contributed by atoms with van der Waals surface area (Å²) in [7, 11) is -3.35. The molecule has 0 unspecified atom stereocenters. The maximum absolute atomic E-state index is 13.2. The van der Waals surface area contributed by atoms with Crippen LogP contribution in [-0.2, 0) is 16.4 Å². The van der Waals surface area contributed by atoms with Gasteiger partial charge >= 0.3 is 0 Å². The van der Waals surface area contributed by atoms with E-state index in [1.54, 1.807) is 18.2 Å². The number of aryl methyl sites for hydroxylation is 1. The molecule has 2 aromatic heterocycles. The first-order valence-corrected chi connectivity index (χ1v) is 12.2. The number of nitrogens with one attached hydrogen (secondary N) is 1. The van der Waals surface area contributed by atoms with E-state index in [0.29, 0.717) is 29.3 Å². The third-order valence-electron chi connectivity index (χ3n) is 5.63. The number of amides is 1. The van der Waals surface area contributed by atoms with Crippen molar-refractivity contribution in [3.05, 3.63) is 84.1 Å². The van der Waals surface area contributed by atoms with E-state index in [4.69, 9.17) is 4.98 Å². The molecule has 32 heavy (non-hydrogen) atoms. The summed E-state index contributed by atoms with van der Waals surface area (Å²) in [4.78, 5) is 17.9. The van der Waals surface area contributed by atoms with Gasteiger partial charge in [0, 0.05) is 23.9 Å². The summed E-state index contributed by atoms with van der Waals surface area (Å²) in [5, 5.41) is 3.03. The average Bonchev–Trinajstić information content (AvgIpc) is 3.16. The number of benzene rings is 2. The number of hydrogen-bond donors (Lipinski definition) is 1. The summed E-state index contributed by atoms with van der Waals surface area (Å²) in [6.07, 6.45) is 4.52. The van der Waals surface area contributed by atoms with Crippen molar-refractivity contribution in [2.75, 3.05) is 22.4 Å². The molecule has 0 fully saturated rings. The number of aromatic nitrogens is 2. The number of carbonyl (C=O) groups excluding carboxylic acids is 1. The van der Waals surface area contributed by atoms with Crippen LogP contribution in [0, 0.1) is 0 Å². The predicted molar refractivity (Wildman–Crippen MR) is 126 cm³/mol. The Balaban J connectivity index is 1.53. The summed E-state index contributed by atoms with van der Waals surface area (Å²) in [5.74, 6) is 0.319. The summed E-state index contributed by atoms with van der Waals surface area (Å²) in [6, 6.07) is 20.6. The largest absolute Gasteiger partial charge is 0.306 e. The van der Waals surface area contributed by atoms with E-state index in [2.05, 4.69) is 5.32 Å². The number of sulfonamides is 1. The molecule has 0 saturated heterocycles. The van der Waals surface area contributed by atoms with Crippen LogP contribution < -0.4 is 9.62 Å². The van der Waals surface area contributed by atoms with Gasteiger partial charge in [-0.05, 0) is 48.7 Å². The maximum Gasteiger partial charge on any atom is 0.256 e. The van der Waals surface area contributed by atoms with Crippen molar-refractivity contribution in [3.63, 3.8) is 0 Å². The number of hydrogen-bond acceptors (Lipinski definition) is 4. The van der Waals surface area contributed by atoms with E-state index in [-0.39, 0.29) is 5.91 Å². The lowest BCUT2D eigenvalue weighted by Gasteiger charge is -2.29. The van der Waals surface area contributed by atoms with E-state index in [1.165, 1.54) is 10.6 Å². The topological polar surface area (TPSA) is 83.8 Å². The fourth-order valence-corrected chi connectivity index (χ4v) is 5.14. The summed E-state index contributed by atoms with van der Waals surface area (Å²) >= 11 is 0. The molecule has 0 aliphatic carbocycles. The molecular formula is C24H22N4O3S. The quantitative estimate of drug-likeness (QED) is 0.514. The van der Waals surface area contributed by atoms with Crippen LogP contribution in [0.4, 0.5) is 11.5 Å². The second-order valence-corrected chi connectivity index (χ2v) is 9.75. The fraction of sp³-hybridized carbons (Fsp3) is 0.167. The minimum Gasteiger partial charge on any atom is -0.306 e. The van der Waals surface area contributed by atoms with Gasteiger partial charge in [0.25, 0.3) is 5.91 Å². The highest BCUT2D eigenvalue weighted by Gasteiger charge is 2.25. The highest BCUT2D eigenvalue weighted by molar-refractivity contribution is 7.92. The van der Waals surface area contributed by atoms with Crippen LogP contribution in [0.5, 0.6) is 0 Å². The molecular weight excluding hydrogens is 424 g/mol. The number of nitrogens with zero attached hydrogens (tertiary/aromatic N) is 3. The second-order valence-electron chi connectivity index (χ2n) is 7.84. The van der Waals surface area contributed by atoms with E-state index < -0.39 is 10.0 Å².